The van der Waals surface area contributed by atoms with E-state index in [9.17, 15) is 23.2 Å². The predicted molar refractivity (Wildman–Crippen MR) is 93.9 cm³/mol. The Hall–Kier alpha value is -2.51. The summed E-state index contributed by atoms with van der Waals surface area (Å²) in [5.74, 6) is -3.08. The highest BCUT2D eigenvalue weighted by atomic mass is 19.1. The lowest BCUT2D eigenvalue weighted by molar-refractivity contribution is -0.153. The summed E-state index contributed by atoms with van der Waals surface area (Å²) in [4.78, 5) is 36.2. The quantitative estimate of drug-likeness (QED) is 0.534. The molecule has 0 atom stereocenters. The number of nitrogens with one attached hydrogen (secondary N) is 2. The van der Waals surface area contributed by atoms with Gasteiger partial charge in [-0.1, -0.05) is 12.8 Å². The van der Waals surface area contributed by atoms with Gasteiger partial charge in [-0.25, -0.2) is 13.6 Å². The number of benzene rings is 1. The summed E-state index contributed by atoms with van der Waals surface area (Å²) in [5.41, 5.74) is -1.21. The van der Waals surface area contributed by atoms with Gasteiger partial charge in [-0.05, 0) is 38.3 Å². The van der Waals surface area contributed by atoms with Crippen LogP contribution in [0.2, 0.25) is 0 Å². The third-order valence-corrected chi connectivity index (χ3v) is 4.54. The SMILES string of the molecule is CCOC(=O)C1(NC(=O)CCCNC(=O)c2ccc(F)cc2F)CCCC1. The second kappa shape index (κ2) is 9.43. The third-order valence-electron chi connectivity index (χ3n) is 4.54. The molecule has 1 aromatic carbocycles. The molecule has 8 heteroatoms. The van der Waals surface area contributed by atoms with Gasteiger partial charge in [0.2, 0.25) is 5.91 Å². The molecular formula is C19H24F2N2O4. The zero-order chi connectivity index (χ0) is 19.9. The van der Waals surface area contributed by atoms with E-state index in [0.29, 0.717) is 25.3 Å². The van der Waals surface area contributed by atoms with Gasteiger partial charge in [0.05, 0.1) is 12.2 Å². The van der Waals surface area contributed by atoms with Crippen molar-refractivity contribution in [1.82, 2.24) is 10.6 Å². The number of halogens is 2. The summed E-state index contributed by atoms with van der Waals surface area (Å²) in [5, 5.41) is 5.27. The molecule has 1 aliphatic rings. The number of carbonyl (C=O) groups is 3. The van der Waals surface area contributed by atoms with Gasteiger partial charge in [-0.2, -0.15) is 0 Å². The molecule has 1 aromatic rings. The van der Waals surface area contributed by atoms with Crippen LogP contribution in [0.4, 0.5) is 8.78 Å². The molecule has 2 rings (SSSR count). The first-order valence-electron chi connectivity index (χ1n) is 9.09. The first-order chi connectivity index (χ1) is 12.9. The largest absolute Gasteiger partial charge is 0.464 e. The average Bonchev–Trinajstić information content (AvgIpc) is 3.08. The number of amides is 2. The zero-order valence-corrected chi connectivity index (χ0v) is 15.3. The molecule has 1 aliphatic carbocycles. The predicted octanol–water partition coefficient (Wildman–Crippen LogP) is 2.47. The maximum Gasteiger partial charge on any atom is 0.331 e. The molecule has 0 unspecified atom stereocenters. The van der Waals surface area contributed by atoms with E-state index in [2.05, 4.69) is 10.6 Å². The summed E-state index contributed by atoms with van der Waals surface area (Å²) in [7, 11) is 0. The molecule has 0 aromatic heterocycles. The van der Waals surface area contributed by atoms with E-state index in [1.165, 1.54) is 0 Å². The van der Waals surface area contributed by atoms with E-state index in [-0.39, 0.29) is 31.0 Å². The molecule has 1 saturated carbocycles. The molecule has 148 valence electrons. The Kier molecular flexibility index (Phi) is 7.27. The van der Waals surface area contributed by atoms with Crippen molar-refractivity contribution in [3.05, 3.63) is 35.4 Å². The third kappa shape index (κ3) is 5.48. The van der Waals surface area contributed by atoms with Crippen molar-refractivity contribution in [1.29, 1.82) is 0 Å². The van der Waals surface area contributed by atoms with Crippen LogP contribution < -0.4 is 10.6 Å². The Morgan fingerprint density at radius 3 is 2.52 bits per heavy atom. The molecule has 2 N–H and O–H groups in total. The molecule has 0 saturated heterocycles. The van der Waals surface area contributed by atoms with Gasteiger partial charge in [-0.3, -0.25) is 9.59 Å². The first kappa shape index (κ1) is 20.8. The van der Waals surface area contributed by atoms with Gasteiger partial charge in [0, 0.05) is 19.0 Å². The number of rotatable bonds is 8. The molecule has 0 spiro atoms. The number of hydrogen-bond acceptors (Lipinski definition) is 4. The summed E-state index contributed by atoms with van der Waals surface area (Å²) in [6, 6.07) is 2.70. The van der Waals surface area contributed by atoms with Gasteiger partial charge in [0.1, 0.15) is 17.2 Å². The van der Waals surface area contributed by atoms with Crippen LogP contribution in [0.25, 0.3) is 0 Å². The van der Waals surface area contributed by atoms with E-state index in [1.807, 2.05) is 0 Å². The maximum atomic E-state index is 13.5. The van der Waals surface area contributed by atoms with Crippen molar-refractivity contribution in [2.45, 2.75) is 51.0 Å². The van der Waals surface area contributed by atoms with Crippen LogP contribution in [0.3, 0.4) is 0 Å². The Morgan fingerprint density at radius 2 is 1.89 bits per heavy atom. The van der Waals surface area contributed by atoms with E-state index < -0.39 is 29.0 Å². The lowest BCUT2D eigenvalue weighted by atomic mass is 9.97. The van der Waals surface area contributed by atoms with Crippen molar-refractivity contribution in [2.75, 3.05) is 13.2 Å². The summed E-state index contributed by atoms with van der Waals surface area (Å²) < 4.78 is 31.5. The number of ether oxygens (including phenoxy) is 1. The normalized spacial score (nSPS) is 15.2. The lowest BCUT2D eigenvalue weighted by Gasteiger charge is -2.27. The Balaban J connectivity index is 1.78. The fourth-order valence-electron chi connectivity index (χ4n) is 3.18. The number of hydrogen-bond donors (Lipinski definition) is 2. The Bertz CT molecular complexity index is 703. The minimum Gasteiger partial charge on any atom is -0.464 e. The lowest BCUT2D eigenvalue weighted by Crippen LogP contribution is -2.53. The van der Waals surface area contributed by atoms with Crippen LogP contribution in [-0.4, -0.2) is 36.5 Å². The fourth-order valence-corrected chi connectivity index (χ4v) is 3.18. The Labute approximate surface area is 156 Å². The highest BCUT2D eigenvalue weighted by molar-refractivity contribution is 5.94. The van der Waals surface area contributed by atoms with Crippen LogP contribution >= 0.6 is 0 Å². The zero-order valence-electron chi connectivity index (χ0n) is 15.3. The van der Waals surface area contributed by atoms with E-state index in [4.69, 9.17) is 4.74 Å². The number of carbonyl (C=O) groups excluding carboxylic acids is 3. The molecule has 2 amide bonds. The molecule has 1 fully saturated rings. The van der Waals surface area contributed by atoms with Gasteiger partial charge in [0.15, 0.2) is 0 Å². The van der Waals surface area contributed by atoms with Crippen molar-refractivity contribution >= 4 is 17.8 Å². The van der Waals surface area contributed by atoms with Crippen LogP contribution in [0, 0.1) is 11.6 Å². The Morgan fingerprint density at radius 1 is 1.19 bits per heavy atom. The van der Waals surface area contributed by atoms with Crippen molar-refractivity contribution in [2.24, 2.45) is 0 Å². The topological polar surface area (TPSA) is 84.5 Å². The highest BCUT2D eigenvalue weighted by Crippen LogP contribution is 2.31. The first-order valence-corrected chi connectivity index (χ1v) is 9.09. The van der Waals surface area contributed by atoms with Crippen LogP contribution in [0.15, 0.2) is 18.2 Å². The second-order valence-electron chi connectivity index (χ2n) is 6.54. The van der Waals surface area contributed by atoms with Crippen LogP contribution in [0.5, 0.6) is 0 Å². The monoisotopic (exact) mass is 382 g/mol. The maximum absolute atomic E-state index is 13.5. The molecule has 0 heterocycles. The van der Waals surface area contributed by atoms with E-state index in [0.717, 1.165) is 25.0 Å². The molecular weight excluding hydrogens is 358 g/mol. The minimum absolute atomic E-state index is 0.104. The van der Waals surface area contributed by atoms with Crippen LogP contribution in [-0.2, 0) is 14.3 Å². The van der Waals surface area contributed by atoms with Gasteiger partial charge < -0.3 is 15.4 Å². The standard InChI is InChI=1S/C19H24F2N2O4/c1-2-27-18(26)19(9-3-4-10-19)23-16(24)6-5-11-22-17(25)14-8-7-13(20)12-15(14)21/h7-8,12H,2-6,9-11H2,1H3,(H,22,25)(H,23,24). The number of esters is 1. The summed E-state index contributed by atoms with van der Waals surface area (Å²) >= 11 is 0. The van der Waals surface area contributed by atoms with Gasteiger partial charge in [-0.15, -0.1) is 0 Å². The van der Waals surface area contributed by atoms with Crippen LogP contribution in [0.1, 0.15) is 55.8 Å². The van der Waals surface area contributed by atoms with Crippen molar-refractivity contribution in [3.63, 3.8) is 0 Å². The van der Waals surface area contributed by atoms with Gasteiger partial charge in [0.25, 0.3) is 5.91 Å². The molecule has 0 radical (unpaired) electrons. The van der Waals surface area contributed by atoms with E-state index >= 15 is 0 Å². The highest BCUT2D eigenvalue weighted by Gasteiger charge is 2.43. The smallest absolute Gasteiger partial charge is 0.331 e. The summed E-state index contributed by atoms with van der Waals surface area (Å²) in [6.07, 6.45) is 3.22. The fraction of sp³-hybridized carbons (Fsp3) is 0.526. The van der Waals surface area contributed by atoms with Crippen molar-refractivity contribution < 1.29 is 27.9 Å². The second-order valence-corrected chi connectivity index (χ2v) is 6.54. The average molecular weight is 382 g/mol. The summed E-state index contributed by atoms with van der Waals surface area (Å²) in [6.45, 7) is 2.12. The minimum atomic E-state index is -0.951. The van der Waals surface area contributed by atoms with Gasteiger partial charge >= 0.3 is 5.97 Å². The molecule has 6 nitrogen and oxygen atoms in total. The molecule has 0 bridgehead atoms. The van der Waals surface area contributed by atoms with Crippen molar-refractivity contribution in [3.8, 4) is 0 Å². The molecule has 0 aliphatic heterocycles. The van der Waals surface area contributed by atoms with E-state index in [1.54, 1.807) is 6.92 Å². The molecule has 27 heavy (non-hydrogen) atoms.